The number of carbonyl (C=O) groups is 1. The van der Waals surface area contributed by atoms with Crippen LogP contribution in [0.25, 0.3) is 6.08 Å². The van der Waals surface area contributed by atoms with E-state index in [1.54, 1.807) is 12.1 Å². The molecule has 0 amide bonds. The van der Waals surface area contributed by atoms with Crippen LogP contribution in [-0.4, -0.2) is 16.8 Å². The Morgan fingerprint density at radius 1 is 1.53 bits per heavy atom. The maximum Gasteiger partial charge on any atom is 0.337 e. The number of nitrogens with two attached hydrogens (primary N) is 1. The molecule has 0 fully saturated rings. The molecule has 80 valence electrons. The van der Waals surface area contributed by atoms with E-state index in [0.29, 0.717) is 5.69 Å². The number of thiol groups is 1. The molecule has 0 aliphatic rings. The average molecular weight is 223 g/mol. The van der Waals surface area contributed by atoms with Crippen molar-refractivity contribution in [1.82, 2.24) is 0 Å². The first-order chi connectivity index (χ1) is 7.16. The molecule has 0 saturated carbocycles. The number of benzene rings is 1. The summed E-state index contributed by atoms with van der Waals surface area (Å²) in [5, 5.41) is 8.85. The second kappa shape index (κ2) is 5.46. The number of carboxylic acids is 1. The zero-order valence-corrected chi connectivity index (χ0v) is 9.08. The van der Waals surface area contributed by atoms with Crippen molar-refractivity contribution in [2.45, 2.75) is 6.42 Å². The summed E-state index contributed by atoms with van der Waals surface area (Å²) < 4.78 is 0. The highest BCUT2D eigenvalue weighted by molar-refractivity contribution is 7.80. The van der Waals surface area contributed by atoms with Crippen LogP contribution < -0.4 is 5.73 Å². The Hall–Kier alpha value is -1.42. The Labute approximate surface area is 94.0 Å². The Morgan fingerprint density at radius 3 is 2.87 bits per heavy atom. The molecule has 15 heavy (non-hydrogen) atoms. The van der Waals surface area contributed by atoms with E-state index in [9.17, 15) is 4.79 Å². The number of aromatic carboxylic acids is 1. The smallest absolute Gasteiger partial charge is 0.337 e. The Bertz CT molecular complexity index is 388. The van der Waals surface area contributed by atoms with E-state index in [-0.39, 0.29) is 5.56 Å². The maximum absolute atomic E-state index is 10.8. The monoisotopic (exact) mass is 223 g/mol. The summed E-state index contributed by atoms with van der Waals surface area (Å²) in [5.74, 6) is -0.244. The van der Waals surface area contributed by atoms with E-state index in [4.69, 9.17) is 10.8 Å². The van der Waals surface area contributed by atoms with Crippen LogP contribution in [-0.2, 0) is 0 Å². The molecule has 0 spiro atoms. The normalized spacial score (nSPS) is 10.7. The second-order valence-corrected chi connectivity index (χ2v) is 3.48. The van der Waals surface area contributed by atoms with Crippen LogP contribution in [0.1, 0.15) is 22.3 Å². The molecule has 1 rings (SSSR count). The molecule has 0 bridgehead atoms. The summed E-state index contributed by atoms with van der Waals surface area (Å²) in [5.41, 5.74) is 6.90. The number of hydrogen-bond donors (Lipinski definition) is 3. The fourth-order valence-electron chi connectivity index (χ4n) is 1.20. The SMILES string of the molecule is Nc1c(C=CCCS)cccc1C(=O)O. The Morgan fingerprint density at radius 2 is 2.27 bits per heavy atom. The quantitative estimate of drug-likeness (QED) is 0.542. The van der Waals surface area contributed by atoms with Crippen molar-refractivity contribution in [3.63, 3.8) is 0 Å². The van der Waals surface area contributed by atoms with E-state index in [0.717, 1.165) is 17.7 Å². The minimum atomic E-state index is -1.00. The van der Waals surface area contributed by atoms with Gasteiger partial charge in [-0.15, -0.1) is 0 Å². The number of rotatable bonds is 4. The number of allylic oxidation sites excluding steroid dienone is 1. The molecular formula is C11H13NO2S. The summed E-state index contributed by atoms with van der Waals surface area (Å²) in [6.45, 7) is 0. The number of hydrogen-bond acceptors (Lipinski definition) is 3. The summed E-state index contributed by atoms with van der Waals surface area (Å²) in [6, 6.07) is 4.96. The van der Waals surface area contributed by atoms with Crippen LogP contribution in [0, 0.1) is 0 Å². The predicted octanol–water partition coefficient (Wildman–Crippen LogP) is 2.30. The van der Waals surface area contributed by atoms with Gasteiger partial charge in [0.05, 0.1) is 11.3 Å². The zero-order valence-electron chi connectivity index (χ0n) is 8.18. The number of anilines is 1. The van der Waals surface area contributed by atoms with Gasteiger partial charge in [0.1, 0.15) is 0 Å². The fourth-order valence-corrected chi connectivity index (χ4v) is 1.35. The first-order valence-corrected chi connectivity index (χ1v) is 5.19. The van der Waals surface area contributed by atoms with Crippen LogP contribution in [0.4, 0.5) is 5.69 Å². The molecule has 0 unspecified atom stereocenters. The molecule has 1 aromatic carbocycles. The number of nitrogen functional groups attached to an aromatic ring is 1. The molecular weight excluding hydrogens is 210 g/mol. The number of para-hydroxylation sites is 1. The Balaban J connectivity index is 2.99. The highest BCUT2D eigenvalue weighted by atomic mass is 32.1. The third-order valence-electron chi connectivity index (χ3n) is 1.96. The molecule has 4 heteroatoms. The fraction of sp³-hybridized carbons (Fsp3) is 0.182. The molecule has 0 atom stereocenters. The Kier molecular flexibility index (Phi) is 4.24. The largest absolute Gasteiger partial charge is 0.478 e. The van der Waals surface area contributed by atoms with E-state index in [1.807, 2.05) is 12.2 Å². The third kappa shape index (κ3) is 3.02. The van der Waals surface area contributed by atoms with Crippen LogP contribution in [0.3, 0.4) is 0 Å². The first-order valence-electron chi connectivity index (χ1n) is 4.56. The van der Waals surface area contributed by atoms with Gasteiger partial charge in [-0.3, -0.25) is 0 Å². The van der Waals surface area contributed by atoms with Crippen molar-refractivity contribution in [3.8, 4) is 0 Å². The van der Waals surface area contributed by atoms with Crippen molar-refractivity contribution in [2.24, 2.45) is 0 Å². The molecule has 0 aliphatic carbocycles. The summed E-state index contributed by atoms with van der Waals surface area (Å²) in [4.78, 5) is 10.8. The molecule has 3 nitrogen and oxygen atoms in total. The zero-order chi connectivity index (χ0) is 11.3. The van der Waals surface area contributed by atoms with Crippen LogP contribution in [0.5, 0.6) is 0 Å². The highest BCUT2D eigenvalue weighted by Crippen LogP contribution is 2.19. The standard InChI is InChI=1S/C11H13NO2S/c12-10-8(4-1-2-7-15)5-3-6-9(10)11(13)14/h1,3-6,15H,2,7,12H2,(H,13,14). The lowest BCUT2D eigenvalue weighted by Crippen LogP contribution is -2.03. The second-order valence-electron chi connectivity index (χ2n) is 3.03. The minimum Gasteiger partial charge on any atom is -0.478 e. The molecule has 3 N–H and O–H groups in total. The van der Waals surface area contributed by atoms with Gasteiger partial charge >= 0.3 is 5.97 Å². The van der Waals surface area contributed by atoms with Gasteiger partial charge < -0.3 is 10.8 Å². The summed E-state index contributed by atoms with van der Waals surface area (Å²) >= 11 is 4.07. The molecule has 1 aromatic rings. The lowest BCUT2D eigenvalue weighted by atomic mass is 10.1. The molecule has 0 saturated heterocycles. The molecule has 0 radical (unpaired) electrons. The van der Waals surface area contributed by atoms with Gasteiger partial charge in [-0.05, 0) is 23.8 Å². The third-order valence-corrected chi connectivity index (χ3v) is 2.22. The van der Waals surface area contributed by atoms with Gasteiger partial charge in [-0.1, -0.05) is 24.3 Å². The van der Waals surface area contributed by atoms with Crippen LogP contribution >= 0.6 is 12.6 Å². The minimum absolute atomic E-state index is 0.142. The first kappa shape index (κ1) is 11.7. The van der Waals surface area contributed by atoms with E-state index in [1.165, 1.54) is 6.07 Å². The van der Waals surface area contributed by atoms with Gasteiger partial charge in [0.25, 0.3) is 0 Å². The lowest BCUT2D eigenvalue weighted by molar-refractivity contribution is 0.0698. The van der Waals surface area contributed by atoms with Gasteiger partial charge in [0.2, 0.25) is 0 Å². The van der Waals surface area contributed by atoms with Crippen molar-refractivity contribution < 1.29 is 9.90 Å². The van der Waals surface area contributed by atoms with Crippen molar-refractivity contribution in [2.75, 3.05) is 11.5 Å². The molecule has 0 aromatic heterocycles. The van der Waals surface area contributed by atoms with Gasteiger partial charge in [0.15, 0.2) is 0 Å². The van der Waals surface area contributed by atoms with E-state index < -0.39 is 5.97 Å². The average Bonchev–Trinajstić information content (AvgIpc) is 2.20. The topological polar surface area (TPSA) is 63.3 Å². The number of carboxylic acid groups (broad SMARTS) is 1. The van der Waals surface area contributed by atoms with Gasteiger partial charge in [0, 0.05) is 0 Å². The van der Waals surface area contributed by atoms with Crippen molar-refractivity contribution in [3.05, 3.63) is 35.4 Å². The van der Waals surface area contributed by atoms with E-state index in [2.05, 4.69) is 12.6 Å². The maximum atomic E-state index is 10.8. The summed E-state index contributed by atoms with van der Waals surface area (Å²) in [6.07, 6.45) is 4.57. The van der Waals surface area contributed by atoms with E-state index >= 15 is 0 Å². The molecule has 0 heterocycles. The lowest BCUT2D eigenvalue weighted by Gasteiger charge is -2.03. The van der Waals surface area contributed by atoms with Crippen molar-refractivity contribution in [1.29, 1.82) is 0 Å². The predicted molar refractivity (Wildman–Crippen MR) is 65.3 cm³/mol. The van der Waals surface area contributed by atoms with Crippen LogP contribution in [0.2, 0.25) is 0 Å². The van der Waals surface area contributed by atoms with Gasteiger partial charge in [-0.2, -0.15) is 12.6 Å². The van der Waals surface area contributed by atoms with Gasteiger partial charge in [-0.25, -0.2) is 4.79 Å². The summed E-state index contributed by atoms with van der Waals surface area (Å²) in [7, 11) is 0. The highest BCUT2D eigenvalue weighted by Gasteiger charge is 2.08. The molecule has 0 aliphatic heterocycles. The van der Waals surface area contributed by atoms with Crippen LogP contribution in [0.15, 0.2) is 24.3 Å². The van der Waals surface area contributed by atoms with Crippen molar-refractivity contribution >= 4 is 30.4 Å².